The van der Waals surface area contributed by atoms with Gasteiger partial charge in [-0.1, -0.05) is 18.2 Å². The molecule has 1 N–H and O–H groups in total. The van der Waals surface area contributed by atoms with Crippen LogP contribution in [-0.2, 0) is 6.61 Å². The van der Waals surface area contributed by atoms with Crippen LogP contribution in [0.2, 0.25) is 0 Å². The van der Waals surface area contributed by atoms with E-state index < -0.39 is 5.82 Å². The molecule has 0 aromatic heterocycles. The minimum absolute atomic E-state index is 0.0298. The van der Waals surface area contributed by atoms with E-state index in [-0.39, 0.29) is 17.9 Å². The van der Waals surface area contributed by atoms with Crippen LogP contribution in [-0.4, -0.2) is 5.11 Å². The fourth-order valence-electron chi connectivity index (χ4n) is 1.51. The Kier molecular flexibility index (Phi) is 3.56. The molecule has 0 amide bonds. The average molecular weight is 243 g/mol. The second-order valence-corrected chi connectivity index (χ2v) is 3.62. The summed E-state index contributed by atoms with van der Waals surface area (Å²) in [7, 11) is 0. The molecule has 0 unspecified atom stereocenters. The lowest BCUT2D eigenvalue weighted by atomic mass is 10.2. The van der Waals surface area contributed by atoms with Crippen LogP contribution in [0.4, 0.5) is 4.39 Å². The van der Waals surface area contributed by atoms with Crippen LogP contribution >= 0.6 is 0 Å². The smallest absolute Gasteiger partial charge is 0.144 e. The van der Waals surface area contributed by atoms with Gasteiger partial charge in [0.05, 0.1) is 12.2 Å². The molecule has 0 atom stereocenters. The number of benzene rings is 2. The zero-order chi connectivity index (χ0) is 13.0. The van der Waals surface area contributed by atoms with Crippen molar-refractivity contribution < 1.29 is 14.2 Å². The maximum absolute atomic E-state index is 13.4. The molecule has 3 nitrogen and oxygen atoms in total. The lowest BCUT2D eigenvalue weighted by Crippen LogP contribution is -1.92. The summed E-state index contributed by atoms with van der Waals surface area (Å²) in [6, 6.07) is 12.7. The number of hydrogen-bond donors (Lipinski definition) is 1. The van der Waals surface area contributed by atoms with Gasteiger partial charge in [-0.25, -0.2) is 4.39 Å². The van der Waals surface area contributed by atoms with Crippen molar-refractivity contribution in [3.05, 3.63) is 59.4 Å². The van der Waals surface area contributed by atoms with Gasteiger partial charge >= 0.3 is 0 Å². The highest BCUT2D eigenvalue weighted by atomic mass is 19.1. The summed E-state index contributed by atoms with van der Waals surface area (Å²) < 4.78 is 18.9. The van der Waals surface area contributed by atoms with Crippen molar-refractivity contribution in [2.24, 2.45) is 0 Å². The lowest BCUT2D eigenvalue weighted by Gasteiger charge is -2.09. The molecule has 4 heteroatoms. The van der Waals surface area contributed by atoms with E-state index >= 15 is 0 Å². The topological polar surface area (TPSA) is 53.2 Å². The van der Waals surface area contributed by atoms with Gasteiger partial charge in [0.1, 0.15) is 23.4 Å². The second-order valence-electron chi connectivity index (χ2n) is 3.62. The number of ether oxygens (including phenoxy) is 1. The second kappa shape index (κ2) is 5.30. The molecule has 2 aromatic rings. The van der Waals surface area contributed by atoms with E-state index in [1.54, 1.807) is 30.3 Å². The highest BCUT2D eigenvalue weighted by Crippen LogP contribution is 2.26. The summed E-state index contributed by atoms with van der Waals surface area (Å²) in [5.74, 6) is 0.119. The van der Waals surface area contributed by atoms with Gasteiger partial charge in [-0.3, -0.25) is 0 Å². The Hall–Kier alpha value is -2.38. The van der Waals surface area contributed by atoms with Gasteiger partial charge in [-0.15, -0.1) is 0 Å². The standard InChI is InChI=1S/C14H10FNO2/c15-13-7-12(6-5-10(13)8-16)18-14-4-2-1-3-11(14)9-17/h1-7,17H,9H2. The third-order valence-electron chi connectivity index (χ3n) is 2.43. The van der Waals surface area contributed by atoms with Crippen molar-refractivity contribution >= 4 is 0 Å². The number of para-hydroxylation sites is 1. The molecule has 0 heterocycles. The number of halogens is 1. The Bertz CT molecular complexity index is 605. The molecule has 90 valence electrons. The van der Waals surface area contributed by atoms with E-state index in [0.29, 0.717) is 11.3 Å². The molecule has 0 radical (unpaired) electrons. The molecule has 0 bridgehead atoms. The van der Waals surface area contributed by atoms with Crippen molar-refractivity contribution in [2.45, 2.75) is 6.61 Å². The molecular formula is C14H10FNO2. The van der Waals surface area contributed by atoms with Crippen LogP contribution in [0, 0.1) is 17.1 Å². The summed E-state index contributed by atoms with van der Waals surface area (Å²) in [4.78, 5) is 0. The number of aliphatic hydroxyl groups is 1. The monoisotopic (exact) mass is 243 g/mol. The maximum atomic E-state index is 13.4. The summed E-state index contributed by atoms with van der Waals surface area (Å²) in [5.41, 5.74) is 0.583. The fourth-order valence-corrected chi connectivity index (χ4v) is 1.51. The number of aliphatic hydroxyl groups excluding tert-OH is 1. The Morgan fingerprint density at radius 3 is 2.67 bits per heavy atom. The molecule has 0 saturated carbocycles. The van der Waals surface area contributed by atoms with Gasteiger partial charge < -0.3 is 9.84 Å². The van der Waals surface area contributed by atoms with Crippen molar-refractivity contribution in [3.8, 4) is 17.6 Å². The number of nitriles is 1. The Morgan fingerprint density at radius 1 is 1.22 bits per heavy atom. The van der Waals surface area contributed by atoms with E-state index in [2.05, 4.69) is 0 Å². The molecule has 2 rings (SSSR count). The van der Waals surface area contributed by atoms with E-state index in [4.69, 9.17) is 15.1 Å². The molecule has 0 aliphatic rings. The molecular weight excluding hydrogens is 233 g/mol. The Balaban J connectivity index is 2.29. The Labute approximate surface area is 104 Å². The lowest BCUT2D eigenvalue weighted by molar-refractivity contribution is 0.276. The minimum Gasteiger partial charge on any atom is -0.457 e. The Morgan fingerprint density at radius 2 is 2.00 bits per heavy atom. The summed E-state index contributed by atoms with van der Waals surface area (Å²) in [6.07, 6.45) is 0. The fraction of sp³-hybridized carbons (Fsp3) is 0.0714. The van der Waals surface area contributed by atoms with Crippen LogP contribution in [0.15, 0.2) is 42.5 Å². The van der Waals surface area contributed by atoms with Crippen LogP contribution in [0.5, 0.6) is 11.5 Å². The highest BCUT2D eigenvalue weighted by molar-refractivity contribution is 5.40. The predicted octanol–water partition coefficient (Wildman–Crippen LogP) is 2.98. The van der Waals surface area contributed by atoms with Crippen molar-refractivity contribution in [1.82, 2.24) is 0 Å². The van der Waals surface area contributed by atoms with Gasteiger partial charge in [0, 0.05) is 11.6 Å². The summed E-state index contributed by atoms with van der Waals surface area (Å²) in [5, 5.41) is 17.8. The molecule has 0 aliphatic heterocycles. The first-order valence-corrected chi connectivity index (χ1v) is 5.31. The minimum atomic E-state index is -0.628. The van der Waals surface area contributed by atoms with Crippen LogP contribution in [0.3, 0.4) is 0 Å². The average Bonchev–Trinajstić information content (AvgIpc) is 2.39. The van der Waals surface area contributed by atoms with Crippen molar-refractivity contribution in [1.29, 1.82) is 5.26 Å². The predicted molar refractivity (Wildman–Crippen MR) is 63.6 cm³/mol. The first-order valence-electron chi connectivity index (χ1n) is 5.31. The zero-order valence-electron chi connectivity index (χ0n) is 9.43. The van der Waals surface area contributed by atoms with E-state index in [1.807, 2.05) is 0 Å². The van der Waals surface area contributed by atoms with Crippen LogP contribution < -0.4 is 4.74 Å². The van der Waals surface area contributed by atoms with Gasteiger partial charge in [0.25, 0.3) is 0 Å². The van der Waals surface area contributed by atoms with E-state index in [1.165, 1.54) is 12.1 Å². The first-order chi connectivity index (χ1) is 8.74. The molecule has 0 fully saturated rings. The summed E-state index contributed by atoms with van der Waals surface area (Å²) >= 11 is 0. The zero-order valence-corrected chi connectivity index (χ0v) is 9.43. The van der Waals surface area contributed by atoms with Crippen molar-refractivity contribution in [3.63, 3.8) is 0 Å². The quantitative estimate of drug-likeness (QED) is 0.901. The molecule has 0 aliphatic carbocycles. The van der Waals surface area contributed by atoms with E-state index in [9.17, 15) is 4.39 Å². The third-order valence-corrected chi connectivity index (χ3v) is 2.43. The number of rotatable bonds is 3. The molecule has 2 aromatic carbocycles. The first kappa shape index (κ1) is 12.1. The SMILES string of the molecule is N#Cc1ccc(Oc2ccccc2CO)cc1F. The molecule has 0 saturated heterocycles. The number of nitrogens with zero attached hydrogens (tertiary/aromatic N) is 1. The highest BCUT2D eigenvalue weighted by Gasteiger charge is 2.06. The largest absolute Gasteiger partial charge is 0.457 e. The van der Waals surface area contributed by atoms with Gasteiger partial charge in [-0.05, 0) is 18.2 Å². The molecule has 18 heavy (non-hydrogen) atoms. The maximum Gasteiger partial charge on any atom is 0.144 e. The van der Waals surface area contributed by atoms with Crippen molar-refractivity contribution in [2.75, 3.05) is 0 Å². The van der Waals surface area contributed by atoms with Crippen LogP contribution in [0.25, 0.3) is 0 Å². The summed E-state index contributed by atoms with van der Waals surface area (Å²) in [6.45, 7) is -0.158. The number of hydrogen-bond acceptors (Lipinski definition) is 3. The normalized spacial score (nSPS) is 9.83. The van der Waals surface area contributed by atoms with Crippen LogP contribution in [0.1, 0.15) is 11.1 Å². The third kappa shape index (κ3) is 2.47. The molecule has 0 spiro atoms. The van der Waals surface area contributed by atoms with E-state index in [0.717, 1.165) is 6.07 Å². The van der Waals surface area contributed by atoms with Gasteiger partial charge in [0.15, 0.2) is 0 Å². The van der Waals surface area contributed by atoms with Gasteiger partial charge in [-0.2, -0.15) is 5.26 Å². The van der Waals surface area contributed by atoms with Gasteiger partial charge in [0.2, 0.25) is 0 Å².